The van der Waals surface area contributed by atoms with Gasteiger partial charge in [-0.1, -0.05) is 19.3 Å². The molecule has 0 aromatic heterocycles. The van der Waals surface area contributed by atoms with Crippen molar-refractivity contribution in [3.63, 3.8) is 0 Å². The Morgan fingerprint density at radius 3 is 2.35 bits per heavy atom. The Morgan fingerprint density at radius 2 is 1.85 bits per heavy atom. The molecule has 0 aromatic rings. The molecule has 0 heterocycles. The van der Waals surface area contributed by atoms with Crippen LogP contribution < -0.4 is 5.32 Å². The summed E-state index contributed by atoms with van der Waals surface area (Å²) in [5.74, 6) is -1.39. The third-order valence-corrected chi connectivity index (χ3v) is 3.78. The first-order chi connectivity index (χ1) is 9.41. The third-order valence-electron chi connectivity index (χ3n) is 3.78. The lowest BCUT2D eigenvalue weighted by molar-refractivity contribution is -0.150. The summed E-state index contributed by atoms with van der Waals surface area (Å²) in [6, 6.07) is -0.471. The van der Waals surface area contributed by atoms with Gasteiger partial charge in [-0.2, -0.15) is 0 Å². The smallest absolute Gasteiger partial charge is 0.325 e. The van der Waals surface area contributed by atoms with E-state index < -0.39 is 23.4 Å². The molecule has 1 fully saturated rings. The van der Waals surface area contributed by atoms with E-state index in [1.807, 2.05) is 0 Å². The van der Waals surface area contributed by atoms with Crippen LogP contribution in [0.25, 0.3) is 0 Å². The first-order valence-corrected chi connectivity index (χ1v) is 6.70. The molecule has 114 valence electrons. The number of carboxylic acid groups (broad SMARTS) is 1. The number of nitrogens with one attached hydrogen (secondary N) is 1. The normalized spacial score (nSPS) is 17.1. The monoisotopic (exact) mass is 286 g/mol. The van der Waals surface area contributed by atoms with Crippen LogP contribution >= 0.6 is 0 Å². The van der Waals surface area contributed by atoms with Crippen LogP contribution in [0.1, 0.15) is 32.1 Å². The highest BCUT2D eigenvalue weighted by atomic mass is 16.5. The first-order valence-electron chi connectivity index (χ1n) is 6.70. The average Bonchev–Trinajstić information content (AvgIpc) is 2.45. The molecule has 0 radical (unpaired) electrons. The minimum absolute atomic E-state index is 0.0900. The molecule has 20 heavy (non-hydrogen) atoms. The van der Waals surface area contributed by atoms with Crippen molar-refractivity contribution in [1.82, 2.24) is 10.2 Å². The molecule has 7 heteroatoms. The standard InChI is InChI=1S/C13H22N2O5/c1-15(8-10(16)20-2)12(19)14-9-13(11(17)18)6-4-3-5-7-13/h3-9H2,1-2H3,(H,14,19)(H,17,18). The van der Waals surface area contributed by atoms with Crippen molar-refractivity contribution >= 4 is 18.0 Å². The molecule has 0 aromatic carbocycles. The Kier molecular flexibility index (Phi) is 5.79. The SMILES string of the molecule is COC(=O)CN(C)C(=O)NCC1(C(=O)O)CCCCC1. The van der Waals surface area contributed by atoms with Crippen molar-refractivity contribution in [2.24, 2.45) is 5.41 Å². The van der Waals surface area contributed by atoms with E-state index in [2.05, 4.69) is 10.1 Å². The fourth-order valence-corrected chi connectivity index (χ4v) is 2.40. The highest BCUT2D eigenvalue weighted by Gasteiger charge is 2.40. The van der Waals surface area contributed by atoms with Crippen molar-refractivity contribution in [3.05, 3.63) is 0 Å². The fourth-order valence-electron chi connectivity index (χ4n) is 2.40. The van der Waals surface area contributed by atoms with Gasteiger partial charge < -0.3 is 20.1 Å². The van der Waals surface area contributed by atoms with Gasteiger partial charge in [-0.25, -0.2) is 4.79 Å². The number of esters is 1. The van der Waals surface area contributed by atoms with E-state index in [0.29, 0.717) is 12.8 Å². The van der Waals surface area contributed by atoms with Gasteiger partial charge in [0, 0.05) is 13.6 Å². The number of carbonyl (C=O) groups is 3. The van der Waals surface area contributed by atoms with Gasteiger partial charge >= 0.3 is 18.0 Å². The van der Waals surface area contributed by atoms with Gasteiger partial charge in [-0.3, -0.25) is 9.59 Å². The first kappa shape index (κ1) is 16.3. The maximum atomic E-state index is 11.8. The number of hydrogen-bond donors (Lipinski definition) is 2. The number of carboxylic acids is 1. The Labute approximate surface area is 118 Å². The van der Waals surface area contributed by atoms with Gasteiger partial charge in [-0.05, 0) is 12.8 Å². The molecule has 1 saturated carbocycles. The number of methoxy groups -OCH3 is 1. The number of hydrogen-bond acceptors (Lipinski definition) is 4. The summed E-state index contributed by atoms with van der Waals surface area (Å²) in [5.41, 5.74) is -0.875. The van der Waals surface area contributed by atoms with E-state index >= 15 is 0 Å². The van der Waals surface area contributed by atoms with Gasteiger partial charge in [0.1, 0.15) is 6.54 Å². The summed E-state index contributed by atoms with van der Waals surface area (Å²) in [6.07, 6.45) is 3.90. The summed E-state index contributed by atoms with van der Waals surface area (Å²) in [6.45, 7) is -0.0743. The van der Waals surface area contributed by atoms with Crippen LogP contribution in [-0.4, -0.2) is 55.2 Å². The van der Waals surface area contributed by atoms with Gasteiger partial charge in [0.25, 0.3) is 0 Å². The molecule has 1 rings (SSSR count). The molecule has 1 aliphatic rings. The van der Waals surface area contributed by atoms with Crippen molar-refractivity contribution in [3.8, 4) is 0 Å². The van der Waals surface area contributed by atoms with Crippen LogP contribution in [-0.2, 0) is 14.3 Å². The van der Waals surface area contributed by atoms with Crippen LogP contribution in [0.3, 0.4) is 0 Å². The molecular formula is C13H22N2O5. The minimum Gasteiger partial charge on any atom is -0.481 e. The molecule has 0 saturated heterocycles. The minimum atomic E-state index is -0.875. The summed E-state index contributed by atoms with van der Waals surface area (Å²) in [5, 5.41) is 12.0. The van der Waals surface area contributed by atoms with Gasteiger partial charge in [0.2, 0.25) is 0 Å². The maximum Gasteiger partial charge on any atom is 0.325 e. The fraction of sp³-hybridized carbons (Fsp3) is 0.769. The van der Waals surface area contributed by atoms with Crippen LogP contribution in [0.5, 0.6) is 0 Å². The lowest BCUT2D eigenvalue weighted by Gasteiger charge is -2.33. The van der Waals surface area contributed by atoms with E-state index in [1.165, 1.54) is 19.1 Å². The van der Waals surface area contributed by atoms with E-state index in [1.54, 1.807) is 0 Å². The number of urea groups is 1. The Bertz CT molecular complexity index is 377. The van der Waals surface area contributed by atoms with E-state index in [4.69, 9.17) is 0 Å². The van der Waals surface area contributed by atoms with Gasteiger partial charge in [0.15, 0.2) is 0 Å². The number of likely N-dealkylation sites (N-methyl/N-ethyl adjacent to an activating group) is 1. The van der Waals surface area contributed by atoms with Crippen molar-refractivity contribution in [1.29, 1.82) is 0 Å². The predicted octanol–water partition coefficient (Wildman–Crippen LogP) is 0.836. The van der Waals surface area contributed by atoms with Gasteiger partial charge in [0.05, 0.1) is 12.5 Å². The predicted molar refractivity (Wildman–Crippen MR) is 71.2 cm³/mol. The zero-order valence-corrected chi connectivity index (χ0v) is 12.0. The zero-order chi connectivity index (χ0) is 15.2. The summed E-state index contributed by atoms with van der Waals surface area (Å²) in [4.78, 5) is 35.5. The molecular weight excluding hydrogens is 264 g/mol. The average molecular weight is 286 g/mol. The second kappa shape index (κ2) is 7.12. The Morgan fingerprint density at radius 1 is 1.25 bits per heavy atom. The third kappa shape index (κ3) is 4.11. The van der Waals surface area contributed by atoms with Crippen molar-refractivity contribution < 1.29 is 24.2 Å². The number of amides is 2. The molecule has 0 spiro atoms. The highest BCUT2D eigenvalue weighted by molar-refractivity contribution is 5.81. The van der Waals surface area contributed by atoms with E-state index in [0.717, 1.165) is 19.3 Å². The van der Waals surface area contributed by atoms with E-state index in [9.17, 15) is 19.5 Å². The second-order valence-corrected chi connectivity index (χ2v) is 5.24. The lowest BCUT2D eigenvalue weighted by atomic mass is 9.74. The number of ether oxygens (including phenoxy) is 1. The lowest BCUT2D eigenvalue weighted by Crippen LogP contribution is -2.48. The summed E-state index contributed by atoms with van der Waals surface area (Å²) < 4.78 is 4.47. The summed E-state index contributed by atoms with van der Waals surface area (Å²) in [7, 11) is 2.70. The van der Waals surface area contributed by atoms with Crippen LogP contribution in [0.15, 0.2) is 0 Å². The molecule has 2 N–H and O–H groups in total. The molecule has 0 bridgehead atoms. The summed E-state index contributed by atoms with van der Waals surface area (Å²) >= 11 is 0. The van der Waals surface area contributed by atoms with Crippen LogP contribution in [0, 0.1) is 5.41 Å². The largest absolute Gasteiger partial charge is 0.481 e. The molecule has 1 aliphatic carbocycles. The van der Waals surface area contributed by atoms with Gasteiger partial charge in [-0.15, -0.1) is 0 Å². The van der Waals surface area contributed by atoms with Crippen LogP contribution in [0.2, 0.25) is 0 Å². The van der Waals surface area contributed by atoms with E-state index in [-0.39, 0.29) is 13.1 Å². The number of carbonyl (C=O) groups excluding carboxylic acids is 2. The number of nitrogens with zero attached hydrogens (tertiary/aromatic N) is 1. The molecule has 7 nitrogen and oxygen atoms in total. The van der Waals surface area contributed by atoms with Crippen LogP contribution in [0.4, 0.5) is 4.79 Å². The zero-order valence-electron chi connectivity index (χ0n) is 12.0. The Balaban J connectivity index is 2.53. The van der Waals surface area contributed by atoms with Crippen molar-refractivity contribution in [2.45, 2.75) is 32.1 Å². The number of rotatable bonds is 5. The maximum absolute atomic E-state index is 11.8. The second-order valence-electron chi connectivity index (χ2n) is 5.24. The Hall–Kier alpha value is -1.79. The quantitative estimate of drug-likeness (QED) is 0.730. The van der Waals surface area contributed by atoms with Crippen molar-refractivity contribution in [2.75, 3.05) is 27.2 Å². The molecule has 0 atom stereocenters. The molecule has 2 amide bonds. The molecule has 0 aliphatic heterocycles. The molecule has 0 unspecified atom stereocenters. The topological polar surface area (TPSA) is 95.9 Å². The number of aliphatic carboxylic acids is 1. The highest BCUT2D eigenvalue weighted by Crippen LogP contribution is 2.35.